The van der Waals surface area contributed by atoms with Gasteiger partial charge in [0, 0.05) is 17.7 Å². The maximum Gasteiger partial charge on any atom is 0.417 e. The van der Waals surface area contributed by atoms with Crippen LogP contribution in [0.3, 0.4) is 0 Å². The van der Waals surface area contributed by atoms with E-state index in [1.54, 1.807) is 0 Å². The quantitative estimate of drug-likeness (QED) is 0.664. The molecule has 0 saturated carbocycles. The molecule has 2 aromatic carbocycles. The summed E-state index contributed by atoms with van der Waals surface area (Å²) in [6.45, 7) is 0. The van der Waals surface area contributed by atoms with Crippen LogP contribution in [0.4, 0.5) is 13.2 Å². The molecule has 1 nitrogen and oxygen atoms in total. The fourth-order valence-corrected chi connectivity index (χ4v) is 4.80. The molecule has 0 aliphatic rings. The van der Waals surface area contributed by atoms with E-state index in [9.17, 15) is 13.2 Å². The van der Waals surface area contributed by atoms with Gasteiger partial charge in [0.2, 0.25) is 0 Å². The Bertz CT molecular complexity index is 734. The third-order valence-electron chi connectivity index (χ3n) is 3.38. The van der Waals surface area contributed by atoms with Gasteiger partial charge in [0.1, 0.15) is 0 Å². The molecule has 0 aliphatic carbocycles. The number of halogens is 3. The molecule has 116 valence electrons. The highest BCUT2D eigenvalue weighted by molar-refractivity contribution is 7.79. The Labute approximate surface area is 133 Å². The lowest BCUT2D eigenvalue weighted by atomic mass is 10.2. The summed E-state index contributed by atoms with van der Waals surface area (Å²) in [6, 6.07) is 19.6. The summed E-state index contributed by atoms with van der Waals surface area (Å²) in [4.78, 5) is 3.95. The van der Waals surface area contributed by atoms with E-state index in [2.05, 4.69) is 4.98 Å². The zero-order valence-electron chi connectivity index (χ0n) is 12.0. The Balaban J connectivity index is 2.22. The molecular weight excluding hydrogens is 318 g/mol. The first-order valence-electron chi connectivity index (χ1n) is 6.99. The van der Waals surface area contributed by atoms with Gasteiger partial charge >= 0.3 is 6.18 Å². The van der Waals surface area contributed by atoms with Crippen molar-refractivity contribution in [3.8, 4) is 0 Å². The molecule has 1 aromatic heterocycles. The topological polar surface area (TPSA) is 12.9 Å². The van der Waals surface area contributed by atoms with Gasteiger partial charge in [-0.2, -0.15) is 13.2 Å². The molecule has 5 heteroatoms. The van der Waals surface area contributed by atoms with Crippen LogP contribution in [-0.2, 0) is 6.18 Å². The lowest BCUT2D eigenvalue weighted by Crippen LogP contribution is -2.27. The predicted molar refractivity (Wildman–Crippen MR) is 87.9 cm³/mol. The highest BCUT2D eigenvalue weighted by Gasteiger charge is 2.36. The first-order chi connectivity index (χ1) is 11.1. The number of nitrogens with zero attached hydrogens (tertiary/aromatic N) is 1. The molecule has 0 fully saturated rings. The normalized spacial score (nSPS) is 11.7. The number of pyridine rings is 1. The van der Waals surface area contributed by atoms with E-state index in [1.165, 1.54) is 12.4 Å². The summed E-state index contributed by atoms with van der Waals surface area (Å²) in [5.74, 6) is 0. The molecule has 3 rings (SSSR count). The van der Waals surface area contributed by atoms with Crippen molar-refractivity contribution < 1.29 is 13.2 Å². The molecule has 1 heterocycles. The first-order valence-corrected chi connectivity index (χ1v) is 8.33. The van der Waals surface area contributed by atoms with Crippen LogP contribution < -0.4 is 15.9 Å². The van der Waals surface area contributed by atoms with Crippen molar-refractivity contribution in [1.82, 2.24) is 4.98 Å². The minimum absolute atomic E-state index is 0.229. The Hall–Kier alpha value is -2.19. The number of rotatable bonds is 3. The van der Waals surface area contributed by atoms with Crippen LogP contribution in [0.2, 0.25) is 0 Å². The van der Waals surface area contributed by atoms with Gasteiger partial charge in [0.05, 0.1) is 5.56 Å². The lowest BCUT2D eigenvalue weighted by molar-refractivity contribution is -0.136. The number of hydrogen-bond acceptors (Lipinski definition) is 1. The molecule has 23 heavy (non-hydrogen) atoms. The van der Waals surface area contributed by atoms with Crippen LogP contribution in [0.1, 0.15) is 5.56 Å². The Morgan fingerprint density at radius 3 is 1.74 bits per heavy atom. The van der Waals surface area contributed by atoms with Crippen LogP contribution >= 0.6 is 7.92 Å². The molecule has 0 amide bonds. The molecule has 0 atom stereocenters. The van der Waals surface area contributed by atoms with Crippen molar-refractivity contribution in [3.63, 3.8) is 0 Å². The van der Waals surface area contributed by atoms with E-state index in [4.69, 9.17) is 0 Å². The van der Waals surface area contributed by atoms with Gasteiger partial charge in [-0.3, -0.25) is 4.98 Å². The number of alkyl halides is 3. The largest absolute Gasteiger partial charge is 0.417 e. The summed E-state index contributed by atoms with van der Waals surface area (Å²) in [5.41, 5.74) is -0.619. The fraction of sp³-hybridized carbons (Fsp3) is 0.0556. The average molecular weight is 331 g/mol. The highest BCUT2D eigenvalue weighted by atomic mass is 31.1. The monoisotopic (exact) mass is 331 g/mol. The van der Waals surface area contributed by atoms with Crippen molar-refractivity contribution >= 4 is 23.8 Å². The summed E-state index contributed by atoms with van der Waals surface area (Å²) in [5, 5.41) is 1.96. The zero-order valence-corrected chi connectivity index (χ0v) is 12.9. The lowest BCUT2D eigenvalue weighted by Gasteiger charge is -2.22. The second-order valence-electron chi connectivity index (χ2n) is 4.90. The molecule has 3 aromatic rings. The van der Waals surface area contributed by atoms with Crippen molar-refractivity contribution in [2.24, 2.45) is 0 Å². The van der Waals surface area contributed by atoms with E-state index in [0.717, 1.165) is 16.7 Å². The van der Waals surface area contributed by atoms with Gasteiger partial charge in [-0.15, -0.1) is 0 Å². The van der Waals surface area contributed by atoms with Crippen LogP contribution in [0, 0.1) is 0 Å². The van der Waals surface area contributed by atoms with E-state index >= 15 is 0 Å². The summed E-state index contributed by atoms with van der Waals surface area (Å²) in [7, 11) is -1.31. The molecule has 0 spiro atoms. The van der Waals surface area contributed by atoms with Crippen molar-refractivity contribution in [1.29, 1.82) is 0 Å². The second-order valence-corrected chi connectivity index (χ2v) is 7.08. The molecule has 0 saturated heterocycles. The summed E-state index contributed by atoms with van der Waals surface area (Å²) >= 11 is 0. The summed E-state index contributed by atoms with van der Waals surface area (Å²) < 4.78 is 40.3. The molecular formula is C18H13F3NP. The Morgan fingerprint density at radius 2 is 1.26 bits per heavy atom. The van der Waals surface area contributed by atoms with Crippen LogP contribution in [0.25, 0.3) is 0 Å². The SMILES string of the molecule is FC(F)(F)c1ccncc1P(c1ccccc1)c1ccccc1. The Morgan fingerprint density at radius 1 is 0.739 bits per heavy atom. The second kappa shape index (κ2) is 6.51. The van der Waals surface area contributed by atoms with Gasteiger partial charge in [-0.1, -0.05) is 60.7 Å². The van der Waals surface area contributed by atoms with Gasteiger partial charge in [-0.25, -0.2) is 0 Å². The fourth-order valence-electron chi connectivity index (χ4n) is 2.39. The number of benzene rings is 2. The highest BCUT2D eigenvalue weighted by Crippen LogP contribution is 2.38. The molecule has 0 bridgehead atoms. The van der Waals surface area contributed by atoms with Crippen LogP contribution in [0.15, 0.2) is 79.1 Å². The zero-order chi connectivity index (χ0) is 16.3. The minimum atomic E-state index is -4.40. The Kier molecular flexibility index (Phi) is 4.44. The minimum Gasteiger partial charge on any atom is -0.264 e. The first kappa shape index (κ1) is 15.7. The van der Waals surface area contributed by atoms with E-state index in [1.807, 2.05) is 60.7 Å². The molecule has 0 unspecified atom stereocenters. The van der Waals surface area contributed by atoms with E-state index < -0.39 is 19.7 Å². The third-order valence-corrected chi connectivity index (χ3v) is 5.84. The maximum absolute atomic E-state index is 13.4. The molecule has 0 N–H and O–H groups in total. The van der Waals surface area contributed by atoms with Gasteiger partial charge in [0.15, 0.2) is 0 Å². The molecule has 0 aliphatic heterocycles. The van der Waals surface area contributed by atoms with Crippen LogP contribution in [-0.4, -0.2) is 4.98 Å². The van der Waals surface area contributed by atoms with Crippen LogP contribution in [0.5, 0.6) is 0 Å². The maximum atomic E-state index is 13.4. The number of aromatic nitrogens is 1. The number of hydrogen-bond donors (Lipinski definition) is 0. The van der Waals surface area contributed by atoms with Crippen molar-refractivity contribution in [2.75, 3.05) is 0 Å². The average Bonchev–Trinajstić information content (AvgIpc) is 2.57. The smallest absolute Gasteiger partial charge is 0.264 e. The van der Waals surface area contributed by atoms with Crippen molar-refractivity contribution in [3.05, 3.63) is 84.7 Å². The van der Waals surface area contributed by atoms with Crippen molar-refractivity contribution in [2.45, 2.75) is 6.18 Å². The van der Waals surface area contributed by atoms with Gasteiger partial charge in [-0.05, 0) is 24.6 Å². The van der Waals surface area contributed by atoms with E-state index in [0.29, 0.717) is 0 Å². The van der Waals surface area contributed by atoms with E-state index in [-0.39, 0.29) is 5.30 Å². The van der Waals surface area contributed by atoms with Gasteiger partial charge in [0.25, 0.3) is 0 Å². The predicted octanol–water partition coefficient (Wildman–Crippen LogP) is 3.86. The third kappa shape index (κ3) is 3.43. The van der Waals surface area contributed by atoms with Gasteiger partial charge < -0.3 is 0 Å². The summed E-state index contributed by atoms with van der Waals surface area (Å²) in [6.07, 6.45) is -1.87. The standard InChI is InChI=1S/C18H13F3NP/c19-18(20,21)16-11-12-22-13-17(16)23(14-7-3-1-4-8-14)15-9-5-2-6-10-15/h1-13H. The molecule has 0 radical (unpaired) electrons.